The number of carbonyl (C=O) groups is 1. The first-order valence-corrected chi connectivity index (χ1v) is 9.22. The fourth-order valence-electron chi connectivity index (χ4n) is 3.74. The van der Waals surface area contributed by atoms with E-state index < -0.39 is 0 Å². The van der Waals surface area contributed by atoms with Crippen LogP contribution in [0, 0.1) is 0 Å². The Hall–Kier alpha value is -3.14. The van der Waals surface area contributed by atoms with Crippen molar-refractivity contribution in [1.29, 1.82) is 0 Å². The average molecular weight is 358 g/mol. The number of likely N-dealkylation sites (tertiary alicyclic amines) is 1. The Morgan fingerprint density at radius 3 is 2.93 bits per heavy atom. The summed E-state index contributed by atoms with van der Waals surface area (Å²) in [6.45, 7) is 0.777. The number of benzene rings is 2. The van der Waals surface area contributed by atoms with Gasteiger partial charge in [0, 0.05) is 29.8 Å². The van der Waals surface area contributed by atoms with Gasteiger partial charge in [0.1, 0.15) is 5.75 Å². The fourth-order valence-corrected chi connectivity index (χ4v) is 3.74. The summed E-state index contributed by atoms with van der Waals surface area (Å²) in [5.74, 6) is 0.859. The van der Waals surface area contributed by atoms with Crippen LogP contribution in [0.1, 0.15) is 30.0 Å². The minimum absolute atomic E-state index is 0.0354. The van der Waals surface area contributed by atoms with Gasteiger partial charge in [-0.25, -0.2) is 0 Å². The van der Waals surface area contributed by atoms with Crippen LogP contribution in [-0.4, -0.2) is 29.4 Å². The molecule has 136 valence electrons. The van der Waals surface area contributed by atoms with Crippen LogP contribution in [0.2, 0.25) is 0 Å². The number of rotatable bonds is 4. The second kappa shape index (κ2) is 7.62. The van der Waals surface area contributed by atoms with Crippen molar-refractivity contribution in [3.05, 3.63) is 78.0 Å². The Kier molecular flexibility index (Phi) is 4.88. The monoisotopic (exact) mass is 358 g/mol. The normalized spacial score (nSPS) is 16.9. The van der Waals surface area contributed by atoms with E-state index in [4.69, 9.17) is 4.74 Å². The van der Waals surface area contributed by atoms with Crippen LogP contribution in [0.3, 0.4) is 0 Å². The summed E-state index contributed by atoms with van der Waals surface area (Å²) in [6, 6.07) is 18.1. The summed E-state index contributed by atoms with van der Waals surface area (Å²) in [4.78, 5) is 19.3. The van der Waals surface area contributed by atoms with E-state index in [0.717, 1.165) is 47.2 Å². The summed E-state index contributed by atoms with van der Waals surface area (Å²) in [5, 5.41) is 1.07. The highest BCUT2D eigenvalue weighted by Crippen LogP contribution is 2.33. The maximum atomic E-state index is 12.9. The fraction of sp³-hybridized carbons (Fsp3) is 0.217. The van der Waals surface area contributed by atoms with E-state index in [1.807, 2.05) is 59.5 Å². The number of nitrogens with zero attached hydrogens (tertiary/aromatic N) is 2. The van der Waals surface area contributed by atoms with Gasteiger partial charge in [-0.15, -0.1) is 0 Å². The average Bonchev–Trinajstić information content (AvgIpc) is 3.22. The van der Waals surface area contributed by atoms with E-state index >= 15 is 0 Å². The van der Waals surface area contributed by atoms with E-state index in [2.05, 4.69) is 11.1 Å². The smallest absolute Gasteiger partial charge is 0.247 e. The summed E-state index contributed by atoms with van der Waals surface area (Å²) in [5.41, 5.74) is 2.99. The number of methoxy groups -OCH3 is 1. The number of amides is 1. The lowest BCUT2D eigenvalue weighted by molar-refractivity contribution is -0.126. The molecular formula is C23H22N2O2. The number of aromatic nitrogens is 1. The molecule has 0 bridgehead atoms. The van der Waals surface area contributed by atoms with E-state index in [1.165, 1.54) is 0 Å². The van der Waals surface area contributed by atoms with Crippen LogP contribution < -0.4 is 4.74 Å². The Morgan fingerprint density at radius 1 is 1.19 bits per heavy atom. The molecule has 1 aliphatic heterocycles. The number of carbonyl (C=O) groups excluding carboxylic acids is 1. The van der Waals surface area contributed by atoms with E-state index in [1.54, 1.807) is 19.4 Å². The van der Waals surface area contributed by atoms with Gasteiger partial charge in [0.15, 0.2) is 0 Å². The summed E-state index contributed by atoms with van der Waals surface area (Å²) in [6.07, 6.45) is 7.31. The molecule has 1 aliphatic rings. The van der Waals surface area contributed by atoms with E-state index in [9.17, 15) is 4.79 Å². The zero-order valence-corrected chi connectivity index (χ0v) is 15.3. The standard InChI is InChI=1S/C23H22N2O2/c1-27-20-10-3-8-19(16-20)21-11-5-15-25(21)22(26)13-12-18-7-2-6-17-9-4-14-24-23(17)18/h2-4,6-10,12-14,16,21H,5,11,15H2,1H3/b13-12+. The Morgan fingerprint density at radius 2 is 2.04 bits per heavy atom. The predicted octanol–water partition coefficient (Wildman–Crippen LogP) is 4.62. The zero-order valence-electron chi connectivity index (χ0n) is 15.3. The van der Waals surface area contributed by atoms with E-state index in [0.29, 0.717) is 0 Å². The molecule has 0 N–H and O–H groups in total. The summed E-state index contributed by atoms with van der Waals surface area (Å²) in [7, 11) is 1.66. The van der Waals surface area contributed by atoms with Crippen LogP contribution in [0.15, 0.2) is 66.9 Å². The highest BCUT2D eigenvalue weighted by atomic mass is 16.5. The lowest BCUT2D eigenvalue weighted by atomic mass is 10.0. The van der Waals surface area contributed by atoms with Gasteiger partial charge in [-0.1, -0.05) is 36.4 Å². The van der Waals surface area contributed by atoms with Crippen molar-refractivity contribution in [1.82, 2.24) is 9.88 Å². The molecule has 4 nitrogen and oxygen atoms in total. The lowest BCUT2D eigenvalue weighted by Crippen LogP contribution is -2.28. The maximum Gasteiger partial charge on any atom is 0.247 e. The lowest BCUT2D eigenvalue weighted by Gasteiger charge is -2.24. The molecule has 3 aromatic rings. The van der Waals surface area contributed by atoms with Crippen molar-refractivity contribution in [2.24, 2.45) is 0 Å². The number of ether oxygens (including phenoxy) is 1. The van der Waals surface area contributed by atoms with Gasteiger partial charge < -0.3 is 9.64 Å². The van der Waals surface area contributed by atoms with Crippen LogP contribution >= 0.6 is 0 Å². The first-order chi connectivity index (χ1) is 13.3. The van der Waals surface area contributed by atoms with Gasteiger partial charge in [-0.3, -0.25) is 9.78 Å². The molecule has 27 heavy (non-hydrogen) atoms. The summed E-state index contributed by atoms with van der Waals surface area (Å²) < 4.78 is 5.33. The first-order valence-electron chi connectivity index (χ1n) is 9.22. The van der Waals surface area contributed by atoms with Gasteiger partial charge in [-0.05, 0) is 42.7 Å². The maximum absolute atomic E-state index is 12.9. The Bertz CT molecular complexity index is 991. The van der Waals surface area contributed by atoms with Crippen LogP contribution in [0.5, 0.6) is 5.75 Å². The third-order valence-electron chi connectivity index (χ3n) is 5.08. The molecule has 1 fully saturated rings. The van der Waals surface area contributed by atoms with Crippen molar-refractivity contribution in [3.63, 3.8) is 0 Å². The second-order valence-corrected chi connectivity index (χ2v) is 6.72. The number of fused-ring (bicyclic) bond motifs is 1. The SMILES string of the molecule is COc1cccc(C2CCCN2C(=O)/C=C/c2cccc3cccnc23)c1. The minimum atomic E-state index is 0.0354. The molecular weight excluding hydrogens is 336 g/mol. The highest BCUT2D eigenvalue weighted by Gasteiger charge is 2.28. The molecule has 1 aromatic heterocycles. The molecule has 4 heteroatoms. The van der Waals surface area contributed by atoms with Gasteiger partial charge in [0.05, 0.1) is 18.7 Å². The minimum Gasteiger partial charge on any atom is -0.497 e. The van der Waals surface area contributed by atoms with Crippen molar-refractivity contribution < 1.29 is 9.53 Å². The second-order valence-electron chi connectivity index (χ2n) is 6.72. The predicted molar refractivity (Wildman–Crippen MR) is 107 cm³/mol. The number of hydrogen-bond acceptors (Lipinski definition) is 3. The van der Waals surface area contributed by atoms with Gasteiger partial charge in [0.25, 0.3) is 0 Å². The first kappa shape index (κ1) is 17.3. The van der Waals surface area contributed by atoms with Gasteiger partial charge >= 0.3 is 0 Å². The number of hydrogen-bond donors (Lipinski definition) is 0. The van der Waals surface area contributed by atoms with Crippen molar-refractivity contribution in [2.75, 3.05) is 13.7 Å². The third kappa shape index (κ3) is 3.56. The molecule has 1 saturated heterocycles. The molecule has 2 heterocycles. The van der Waals surface area contributed by atoms with Crippen LogP contribution in [-0.2, 0) is 4.79 Å². The number of para-hydroxylation sites is 1. The van der Waals surface area contributed by atoms with Crippen molar-refractivity contribution in [2.45, 2.75) is 18.9 Å². The molecule has 1 amide bonds. The van der Waals surface area contributed by atoms with Gasteiger partial charge in [-0.2, -0.15) is 0 Å². The summed E-state index contributed by atoms with van der Waals surface area (Å²) >= 11 is 0. The molecule has 0 spiro atoms. The molecule has 2 aromatic carbocycles. The van der Waals surface area contributed by atoms with Crippen molar-refractivity contribution in [3.8, 4) is 5.75 Å². The third-order valence-corrected chi connectivity index (χ3v) is 5.08. The molecule has 4 rings (SSSR count). The highest BCUT2D eigenvalue weighted by molar-refractivity contribution is 5.95. The van der Waals surface area contributed by atoms with Crippen molar-refractivity contribution >= 4 is 22.9 Å². The number of pyridine rings is 1. The Balaban J connectivity index is 1.57. The Labute approximate surface area is 159 Å². The quantitative estimate of drug-likeness (QED) is 0.639. The molecule has 0 aliphatic carbocycles. The molecule has 0 saturated carbocycles. The molecule has 1 atom stereocenters. The van der Waals surface area contributed by atoms with Crippen LogP contribution in [0.25, 0.3) is 17.0 Å². The molecule has 0 radical (unpaired) electrons. The topological polar surface area (TPSA) is 42.4 Å². The van der Waals surface area contributed by atoms with E-state index in [-0.39, 0.29) is 11.9 Å². The van der Waals surface area contributed by atoms with Gasteiger partial charge in [0.2, 0.25) is 5.91 Å². The molecule has 1 unspecified atom stereocenters. The zero-order chi connectivity index (χ0) is 18.6. The van der Waals surface area contributed by atoms with Crippen LogP contribution in [0.4, 0.5) is 0 Å². The largest absolute Gasteiger partial charge is 0.497 e.